The lowest BCUT2D eigenvalue weighted by Gasteiger charge is -2.26. The van der Waals surface area contributed by atoms with Crippen molar-refractivity contribution in [2.75, 3.05) is 6.61 Å². The van der Waals surface area contributed by atoms with Gasteiger partial charge in [-0.2, -0.15) is 0 Å². The van der Waals surface area contributed by atoms with Gasteiger partial charge in [0.2, 0.25) is 5.91 Å². The molecule has 6 heteroatoms. The minimum absolute atomic E-state index is 0.00435. The van der Waals surface area contributed by atoms with Gasteiger partial charge in [0.15, 0.2) is 0 Å². The number of hydrogen-bond acceptors (Lipinski definition) is 4. The van der Waals surface area contributed by atoms with Gasteiger partial charge in [0.05, 0.1) is 6.04 Å². The van der Waals surface area contributed by atoms with E-state index in [4.69, 9.17) is 10.2 Å². The largest absolute Gasteiger partial charge is 0.480 e. The quantitative estimate of drug-likeness (QED) is 0.590. The molecule has 0 aliphatic carbocycles. The highest BCUT2D eigenvalue weighted by molar-refractivity contribution is 5.87. The molecule has 1 aromatic carbocycles. The first-order valence-corrected chi connectivity index (χ1v) is 6.56. The summed E-state index contributed by atoms with van der Waals surface area (Å²) in [6.07, 6.45) is 0.540. The zero-order valence-electron chi connectivity index (χ0n) is 11.0. The van der Waals surface area contributed by atoms with E-state index in [0.717, 1.165) is 11.1 Å². The van der Waals surface area contributed by atoms with Crippen LogP contribution in [-0.4, -0.2) is 40.8 Å². The highest BCUT2D eigenvalue weighted by Crippen LogP contribution is 2.16. The molecule has 0 spiro atoms. The highest BCUT2D eigenvalue weighted by atomic mass is 16.4. The molecule has 108 valence electrons. The molecule has 20 heavy (non-hydrogen) atoms. The minimum Gasteiger partial charge on any atom is -0.480 e. The third-order valence-electron chi connectivity index (χ3n) is 3.43. The zero-order valence-corrected chi connectivity index (χ0v) is 11.0. The Morgan fingerprint density at radius 1 is 1.35 bits per heavy atom. The van der Waals surface area contributed by atoms with Crippen LogP contribution in [0.5, 0.6) is 0 Å². The average molecular weight is 278 g/mol. The van der Waals surface area contributed by atoms with Crippen LogP contribution >= 0.6 is 0 Å². The fourth-order valence-electron chi connectivity index (χ4n) is 2.30. The van der Waals surface area contributed by atoms with Crippen LogP contribution in [0.15, 0.2) is 24.3 Å². The lowest BCUT2D eigenvalue weighted by molar-refractivity contribution is -0.142. The van der Waals surface area contributed by atoms with E-state index < -0.39 is 18.1 Å². The SMILES string of the molecule is O=C(N[C@@H](CCO)C(=O)O)C1Cc2ccccc2CN1. The van der Waals surface area contributed by atoms with Crippen molar-refractivity contribution in [3.8, 4) is 0 Å². The number of carboxylic acid groups (broad SMARTS) is 1. The van der Waals surface area contributed by atoms with Gasteiger partial charge in [0.1, 0.15) is 6.04 Å². The van der Waals surface area contributed by atoms with Crippen molar-refractivity contribution in [3.05, 3.63) is 35.4 Å². The van der Waals surface area contributed by atoms with Crippen molar-refractivity contribution >= 4 is 11.9 Å². The Bertz CT molecular complexity index is 504. The van der Waals surface area contributed by atoms with E-state index in [-0.39, 0.29) is 18.9 Å². The number of aliphatic hydroxyl groups is 1. The fourth-order valence-corrected chi connectivity index (χ4v) is 2.30. The molecule has 1 amide bonds. The molecule has 1 heterocycles. The van der Waals surface area contributed by atoms with Crippen LogP contribution < -0.4 is 10.6 Å². The number of hydrogen-bond donors (Lipinski definition) is 4. The standard InChI is InChI=1S/C14H18N2O4/c17-6-5-11(14(19)20)16-13(18)12-7-9-3-1-2-4-10(9)8-15-12/h1-4,11-12,15,17H,5-8H2,(H,16,18)(H,19,20)/t11-,12?/m0/s1. The molecule has 1 aromatic rings. The topological polar surface area (TPSA) is 98.7 Å². The normalized spacial score (nSPS) is 18.9. The number of fused-ring (bicyclic) bond motifs is 1. The molecule has 0 bridgehead atoms. The van der Waals surface area contributed by atoms with E-state index in [1.807, 2.05) is 24.3 Å². The second-order valence-electron chi connectivity index (χ2n) is 4.82. The lowest BCUT2D eigenvalue weighted by atomic mass is 9.95. The minimum atomic E-state index is -1.14. The molecule has 0 saturated carbocycles. The summed E-state index contributed by atoms with van der Waals surface area (Å²) in [7, 11) is 0. The Hall–Kier alpha value is -1.92. The molecular weight excluding hydrogens is 260 g/mol. The molecular formula is C14H18N2O4. The van der Waals surface area contributed by atoms with Crippen LogP contribution in [0.4, 0.5) is 0 Å². The Morgan fingerprint density at radius 2 is 2.05 bits per heavy atom. The summed E-state index contributed by atoms with van der Waals surface area (Å²) in [5.41, 5.74) is 2.25. The summed E-state index contributed by atoms with van der Waals surface area (Å²) < 4.78 is 0. The predicted octanol–water partition coefficient (Wildman–Crippen LogP) is -0.347. The molecule has 2 rings (SSSR count). The summed E-state index contributed by atoms with van der Waals surface area (Å²) in [6, 6.07) is 6.35. The maximum absolute atomic E-state index is 12.1. The van der Waals surface area contributed by atoms with Crippen molar-refractivity contribution in [1.82, 2.24) is 10.6 Å². The van der Waals surface area contributed by atoms with Gasteiger partial charge >= 0.3 is 5.97 Å². The molecule has 2 atom stereocenters. The van der Waals surface area contributed by atoms with E-state index in [0.29, 0.717) is 13.0 Å². The van der Waals surface area contributed by atoms with Crippen LogP contribution in [0, 0.1) is 0 Å². The van der Waals surface area contributed by atoms with E-state index in [9.17, 15) is 9.59 Å². The Morgan fingerprint density at radius 3 is 2.70 bits per heavy atom. The maximum atomic E-state index is 12.1. The first-order valence-electron chi connectivity index (χ1n) is 6.56. The molecule has 4 N–H and O–H groups in total. The summed E-state index contributed by atoms with van der Waals surface area (Å²) in [4.78, 5) is 23.0. The van der Waals surface area contributed by atoms with Crippen LogP contribution in [0.2, 0.25) is 0 Å². The summed E-state index contributed by atoms with van der Waals surface area (Å²) in [6.45, 7) is 0.310. The van der Waals surface area contributed by atoms with Crippen LogP contribution in [-0.2, 0) is 22.6 Å². The van der Waals surface area contributed by atoms with Crippen LogP contribution in [0.25, 0.3) is 0 Å². The molecule has 0 saturated heterocycles. The number of carbonyl (C=O) groups excluding carboxylic acids is 1. The van der Waals surface area contributed by atoms with Crippen LogP contribution in [0.1, 0.15) is 17.5 Å². The van der Waals surface area contributed by atoms with E-state index >= 15 is 0 Å². The number of aliphatic hydroxyl groups excluding tert-OH is 1. The zero-order chi connectivity index (χ0) is 14.5. The molecule has 1 aliphatic rings. The number of aliphatic carboxylic acids is 1. The van der Waals surface area contributed by atoms with Crippen molar-refractivity contribution in [3.63, 3.8) is 0 Å². The summed E-state index contributed by atoms with van der Waals surface area (Å²) in [5, 5.41) is 23.3. The third kappa shape index (κ3) is 3.34. The smallest absolute Gasteiger partial charge is 0.326 e. The summed E-state index contributed by atoms with van der Waals surface area (Å²) in [5.74, 6) is -1.48. The lowest BCUT2D eigenvalue weighted by Crippen LogP contribution is -2.52. The number of carboxylic acids is 1. The highest BCUT2D eigenvalue weighted by Gasteiger charge is 2.27. The second-order valence-corrected chi connectivity index (χ2v) is 4.82. The first kappa shape index (κ1) is 14.5. The van der Waals surface area contributed by atoms with Crippen molar-refractivity contribution in [2.45, 2.75) is 31.5 Å². The number of amides is 1. The number of rotatable bonds is 5. The van der Waals surface area contributed by atoms with Gasteiger partial charge in [-0.25, -0.2) is 4.79 Å². The summed E-state index contributed by atoms with van der Waals surface area (Å²) >= 11 is 0. The van der Waals surface area contributed by atoms with Gasteiger partial charge in [0, 0.05) is 19.6 Å². The first-order chi connectivity index (χ1) is 9.61. The van der Waals surface area contributed by atoms with Gasteiger partial charge < -0.3 is 20.8 Å². The Kier molecular flexibility index (Phi) is 4.70. The number of benzene rings is 1. The van der Waals surface area contributed by atoms with E-state index in [2.05, 4.69) is 10.6 Å². The van der Waals surface area contributed by atoms with Crippen molar-refractivity contribution in [2.24, 2.45) is 0 Å². The predicted molar refractivity (Wildman–Crippen MR) is 72.0 cm³/mol. The maximum Gasteiger partial charge on any atom is 0.326 e. The third-order valence-corrected chi connectivity index (χ3v) is 3.43. The van der Waals surface area contributed by atoms with Crippen molar-refractivity contribution in [1.29, 1.82) is 0 Å². The van der Waals surface area contributed by atoms with Gasteiger partial charge in [0.25, 0.3) is 0 Å². The Labute approximate surface area is 116 Å². The van der Waals surface area contributed by atoms with Gasteiger partial charge in [-0.15, -0.1) is 0 Å². The van der Waals surface area contributed by atoms with Gasteiger partial charge in [-0.05, 0) is 17.5 Å². The van der Waals surface area contributed by atoms with Gasteiger partial charge in [-0.3, -0.25) is 4.79 Å². The molecule has 1 aliphatic heterocycles. The molecule has 0 aromatic heterocycles. The molecule has 0 fully saturated rings. The molecule has 6 nitrogen and oxygen atoms in total. The number of carbonyl (C=O) groups is 2. The monoisotopic (exact) mass is 278 g/mol. The number of nitrogens with one attached hydrogen (secondary N) is 2. The van der Waals surface area contributed by atoms with Crippen molar-refractivity contribution < 1.29 is 19.8 Å². The Balaban J connectivity index is 1.99. The van der Waals surface area contributed by atoms with E-state index in [1.54, 1.807) is 0 Å². The fraction of sp³-hybridized carbons (Fsp3) is 0.429. The second kappa shape index (κ2) is 6.49. The average Bonchev–Trinajstić information content (AvgIpc) is 2.46. The van der Waals surface area contributed by atoms with Gasteiger partial charge in [-0.1, -0.05) is 24.3 Å². The molecule has 1 unspecified atom stereocenters. The molecule has 0 radical (unpaired) electrons. The van der Waals surface area contributed by atoms with E-state index in [1.165, 1.54) is 0 Å². The van der Waals surface area contributed by atoms with Crippen LogP contribution in [0.3, 0.4) is 0 Å².